The molecule has 19 heavy (non-hydrogen) atoms. The molecular weight excluding hydrogens is 267 g/mol. The van der Waals surface area contributed by atoms with Crippen molar-refractivity contribution >= 4 is 23.5 Å². The van der Waals surface area contributed by atoms with Gasteiger partial charge >= 0.3 is 6.03 Å². The van der Waals surface area contributed by atoms with Gasteiger partial charge in [0.1, 0.15) is 5.82 Å². The molecule has 0 radical (unpaired) electrons. The second-order valence-corrected chi connectivity index (χ2v) is 5.61. The number of urea groups is 1. The van der Waals surface area contributed by atoms with Crippen LogP contribution in [-0.2, 0) is 4.74 Å². The molecule has 1 fully saturated rings. The summed E-state index contributed by atoms with van der Waals surface area (Å²) in [5, 5.41) is 5.45. The number of ether oxygens (including phenoxy) is 1. The molecule has 1 atom stereocenters. The van der Waals surface area contributed by atoms with Crippen LogP contribution in [0.2, 0.25) is 0 Å². The van der Waals surface area contributed by atoms with Gasteiger partial charge in [-0.25, -0.2) is 9.18 Å². The number of halogens is 1. The van der Waals surface area contributed by atoms with Gasteiger partial charge in [-0.1, -0.05) is 0 Å². The SMILES string of the molecule is COC1(CNC(=O)Nc2ccc(F)cc2)CCSC1. The minimum absolute atomic E-state index is 0.259. The Morgan fingerprint density at radius 3 is 2.79 bits per heavy atom. The topological polar surface area (TPSA) is 50.4 Å². The molecule has 2 amide bonds. The predicted octanol–water partition coefficient (Wildman–Crippen LogP) is 2.47. The van der Waals surface area contributed by atoms with Crippen LogP contribution in [0.5, 0.6) is 0 Å². The lowest BCUT2D eigenvalue weighted by Gasteiger charge is -2.26. The highest BCUT2D eigenvalue weighted by Gasteiger charge is 2.34. The molecule has 1 aromatic carbocycles. The molecule has 0 bridgehead atoms. The van der Waals surface area contributed by atoms with E-state index in [-0.39, 0.29) is 17.4 Å². The van der Waals surface area contributed by atoms with Crippen LogP contribution in [0.15, 0.2) is 24.3 Å². The fourth-order valence-corrected chi connectivity index (χ4v) is 3.31. The summed E-state index contributed by atoms with van der Waals surface area (Å²) >= 11 is 1.82. The molecule has 0 saturated carbocycles. The fraction of sp³-hybridized carbons (Fsp3) is 0.462. The summed E-state index contributed by atoms with van der Waals surface area (Å²) in [6.45, 7) is 0.476. The summed E-state index contributed by atoms with van der Waals surface area (Å²) in [7, 11) is 1.67. The van der Waals surface area contributed by atoms with Gasteiger partial charge in [0.05, 0.1) is 5.60 Å². The molecular formula is C13H17FN2O2S. The fourth-order valence-electron chi connectivity index (χ4n) is 1.91. The third kappa shape index (κ3) is 3.84. The molecule has 6 heteroatoms. The molecule has 2 rings (SSSR count). The van der Waals surface area contributed by atoms with Gasteiger partial charge in [0.15, 0.2) is 0 Å². The Labute approximate surface area is 116 Å². The first-order chi connectivity index (χ1) is 9.13. The van der Waals surface area contributed by atoms with E-state index in [1.165, 1.54) is 24.3 Å². The van der Waals surface area contributed by atoms with E-state index in [1.54, 1.807) is 7.11 Å². The van der Waals surface area contributed by atoms with Crippen molar-refractivity contribution < 1.29 is 13.9 Å². The van der Waals surface area contributed by atoms with Gasteiger partial charge in [-0.2, -0.15) is 11.8 Å². The number of benzene rings is 1. The van der Waals surface area contributed by atoms with Gasteiger partial charge in [0.2, 0.25) is 0 Å². The van der Waals surface area contributed by atoms with Crippen LogP contribution in [0.1, 0.15) is 6.42 Å². The predicted molar refractivity (Wildman–Crippen MR) is 75.1 cm³/mol. The van der Waals surface area contributed by atoms with E-state index in [0.29, 0.717) is 12.2 Å². The second kappa shape index (κ2) is 6.25. The van der Waals surface area contributed by atoms with Gasteiger partial charge in [-0.3, -0.25) is 0 Å². The van der Waals surface area contributed by atoms with E-state index in [0.717, 1.165) is 17.9 Å². The minimum atomic E-state index is -0.327. The van der Waals surface area contributed by atoms with Crippen LogP contribution >= 0.6 is 11.8 Å². The molecule has 1 saturated heterocycles. The van der Waals surface area contributed by atoms with E-state index in [1.807, 2.05) is 11.8 Å². The van der Waals surface area contributed by atoms with Crippen molar-refractivity contribution in [3.05, 3.63) is 30.1 Å². The average Bonchev–Trinajstić information content (AvgIpc) is 2.89. The third-order valence-electron chi connectivity index (χ3n) is 3.17. The van der Waals surface area contributed by atoms with E-state index in [4.69, 9.17) is 4.74 Å². The van der Waals surface area contributed by atoms with Gasteiger partial charge < -0.3 is 15.4 Å². The maximum Gasteiger partial charge on any atom is 0.319 e. The average molecular weight is 284 g/mol. The van der Waals surface area contributed by atoms with Crippen LogP contribution in [0, 0.1) is 5.82 Å². The van der Waals surface area contributed by atoms with E-state index in [9.17, 15) is 9.18 Å². The van der Waals surface area contributed by atoms with Crippen LogP contribution in [-0.4, -0.2) is 36.8 Å². The van der Waals surface area contributed by atoms with Crippen LogP contribution in [0.25, 0.3) is 0 Å². The number of hydrogen-bond donors (Lipinski definition) is 2. The van der Waals surface area contributed by atoms with Crippen molar-refractivity contribution in [1.82, 2.24) is 5.32 Å². The van der Waals surface area contributed by atoms with E-state index in [2.05, 4.69) is 10.6 Å². The smallest absolute Gasteiger partial charge is 0.319 e. The van der Waals surface area contributed by atoms with Gasteiger partial charge in [0, 0.05) is 25.1 Å². The Hall–Kier alpha value is -1.27. The number of methoxy groups -OCH3 is 1. The zero-order valence-corrected chi connectivity index (χ0v) is 11.6. The second-order valence-electron chi connectivity index (χ2n) is 4.50. The maximum absolute atomic E-state index is 12.7. The molecule has 1 aromatic rings. The Morgan fingerprint density at radius 1 is 1.47 bits per heavy atom. The summed E-state index contributed by atoms with van der Waals surface area (Å²) < 4.78 is 18.2. The Bertz CT molecular complexity index is 433. The summed E-state index contributed by atoms with van der Waals surface area (Å²) in [6, 6.07) is 5.35. The van der Waals surface area contributed by atoms with Crippen molar-refractivity contribution in [2.45, 2.75) is 12.0 Å². The first-order valence-corrected chi connectivity index (χ1v) is 7.22. The summed E-state index contributed by atoms with van der Waals surface area (Å²) in [5.41, 5.74) is 0.302. The first-order valence-electron chi connectivity index (χ1n) is 6.07. The number of carbonyl (C=O) groups excluding carboxylic acids is 1. The van der Waals surface area contributed by atoms with Gasteiger partial charge in [-0.05, 0) is 36.4 Å². The highest BCUT2D eigenvalue weighted by Crippen LogP contribution is 2.30. The number of anilines is 1. The number of hydrogen-bond acceptors (Lipinski definition) is 3. The summed E-state index contributed by atoms with van der Waals surface area (Å²) in [5.74, 6) is 1.61. The zero-order chi connectivity index (χ0) is 13.7. The Balaban J connectivity index is 1.82. The molecule has 0 aliphatic carbocycles. The standard InChI is InChI=1S/C13H17FN2O2S/c1-18-13(6-7-19-9-13)8-15-12(17)16-11-4-2-10(14)3-5-11/h2-5H,6-9H2,1H3,(H2,15,16,17). The van der Waals surface area contributed by atoms with Crippen molar-refractivity contribution in [2.75, 3.05) is 30.5 Å². The van der Waals surface area contributed by atoms with Crippen LogP contribution < -0.4 is 10.6 Å². The molecule has 1 aliphatic rings. The largest absolute Gasteiger partial charge is 0.376 e. The first kappa shape index (κ1) is 14.1. The monoisotopic (exact) mass is 284 g/mol. The lowest BCUT2D eigenvalue weighted by molar-refractivity contribution is 0.0161. The van der Waals surface area contributed by atoms with Crippen LogP contribution in [0.3, 0.4) is 0 Å². The minimum Gasteiger partial charge on any atom is -0.376 e. The summed E-state index contributed by atoms with van der Waals surface area (Å²) in [4.78, 5) is 11.7. The highest BCUT2D eigenvalue weighted by atomic mass is 32.2. The third-order valence-corrected chi connectivity index (χ3v) is 4.40. The van der Waals surface area contributed by atoms with E-state index >= 15 is 0 Å². The van der Waals surface area contributed by atoms with Crippen molar-refractivity contribution in [3.63, 3.8) is 0 Å². The van der Waals surface area contributed by atoms with Gasteiger partial charge in [-0.15, -0.1) is 0 Å². The number of rotatable bonds is 4. The lowest BCUT2D eigenvalue weighted by Crippen LogP contribution is -2.45. The van der Waals surface area contributed by atoms with Crippen molar-refractivity contribution in [2.24, 2.45) is 0 Å². The molecule has 1 aliphatic heterocycles. The van der Waals surface area contributed by atoms with Crippen molar-refractivity contribution in [1.29, 1.82) is 0 Å². The molecule has 1 heterocycles. The number of thioether (sulfide) groups is 1. The quantitative estimate of drug-likeness (QED) is 0.893. The molecule has 0 spiro atoms. The zero-order valence-electron chi connectivity index (χ0n) is 10.7. The normalized spacial score (nSPS) is 22.2. The van der Waals surface area contributed by atoms with Gasteiger partial charge in [0.25, 0.3) is 0 Å². The van der Waals surface area contributed by atoms with Crippen molar-refractivity contribution in [3.8, 4) is 0 Å². The Kier molecular flexibility index (Phi) is 4.66. The van der Waals surface area contributed by atoms with Crippen LogP contribution in [0.4, 0.5) is 14.9 Å². The molecule has 0 aromatic heterocycles. The lowest BCUT2D eigenvalue weighted by atomic mass is 10.0. The molecule has 104 valence electrons. The summed E-state index contributed by atoms with van der Waals surface area (Å²) in [6.07, 6.45) is 0.936. The highest BCUT2D eigenvalue weighted by molar-refractivity contribution is 7.99. The number of amides is 2. The molecule has 2 N–H and O–H groups in total. The maximum atomic E-state index is 12.7. The molecule has 1 unspecified atom stereocenters. The number of nitrogens with one attached hydrogen (secondary N) is 2. The number of carbonyl (C=O) groups is 1. The van der Waals surface area contributed by atoms with E-state index < -0.39 is 0 Å². The molecule has 4 nitrogen and oxygen atoms in total. The Morgan fingerprint density at radius 2 is 2.21 bits per heavy atom.